The summed E-state index contributed by atoms with van der Waals surface area (Å²) in [6.07, 6.45) is 0.698. The van der Waals surface area contributed by atoms with Gasteiger partial charge in [-0.3, -0.25) is 4.79 Å². The van der Waals surface area contributed by atoms with Crippen LogP contribution in [0.25, 0.3) is 0 Å². The lowest BCUT2D eigenvalue weighted by molar-refractivity contribution is -0.147. The van der Waals surface area contributed by atoms with E-state index in [1.165, 1.54) is 0 Å². The highest BCUT2D eigenvalue weighted by atomic mass is 16.5. The van der Waals surface area contributed by atoms with Crippen molar-refractivity contribution in [3.63, 3.8) is 0 Å². The zero-order valence-electron chi connectivity index (χ0n) is 12.0. The molecule has 0 aromatic rings. The third-order valence-electron chi connectivity index (χ3n) is 3.59. The number of likely N-dealkylation sites (tertiary alicyclic amines) is 1. The second-order valence-electron chi connectivity index (χ2n) is 5.21. The number of rotatable bonds is 6. The molecule has 1 aliphatic rings. The van der Waals surface area contributed by atoms with Crippen LogP contribution in [0.3, 0.4) is 0 Å². The molecule has 2 amide bonds. The van der Waals surface area contributed by atoms with Gasteiger partial charge in [0.25, 0.3) is 0 Å². The standard InChI is InChI=1S/C13H21N3O4/c1-13(11(17)18)4-7-16(10-13)12(19)15(6-3-5-14)8-9-20-2/h3-4,6-10H2,1-2H3,(H,17,18). The first-order valence-corrected chi connectivity index (χ1v) is 6.58. The minimum absolute atomic E-state index is 0.206. The molecule has 7 nitrogen and oxygen atoms in total. The Balaban J connectivity index is 2.66. The lowest BCUT2D eigenvalue weighted by Crippen LogP contribution is -2.45. The Labute approximate surface area is 118 Å². The van der Waals surface area contributed by atoms with Gasteiger partial charge in [-0.1, -0.05) is 0 Å². The smallest absolute Gasteiger partial charge is 0.320 e. The van der Waals surface area contributed by atoms with Gasteiger partial charge in [-0.15, -0.1) is 0 Å². The van der Waals surface area contributed by atoms with Crippen LogP contribution in [0.1, 0.15) is 19.8 Å². The Hall–Kier alpha value is -1.81. The maximum atomic E-state index is 12.4. The minimum Gasteiger partial charge on any atom is -0.481 e. The maximum absolute atomic E-state index is 12.4. The normalized spacial score (nSPS) is 21.6. The second-order valence-corrected chi connectivity index (χ2v) is 5.21. The fraction of sp³-hybridized carbons (Fsp3) is 0.769. The molecule has 1 aliphatic heterocycles. The van der Waals surface area contributed by atoms with Crippen molar-refractivity contribution in [2.75, 3.05) is 39.9 Å². The SMILES string of the molecule is COCCN(CCC#N)C(=O)N1CCC(C)(C(=O)O)C1. The van der Waals surface area contributed by atoms with E-state index >= 15 is 0 Å². The van der Waals surface area contributed by atoms with Gasteiger partial charge < -0.3 is 19.6 Å². The molecular formula is C13H21N3O4. The number of nitriles is 1. The van der Waals surface area contributed by atoms with Gasteiger partial charge >= 0.3 is 12.0 Å². The van der Waals surface area contributed by atoms with Crippen molar-refractivity contribution in [3.05, 3.63) is 0 Å². The topological polar surface area (TPSA) is 93.9 Å². The summed E-state index contributed by atoms with van der Waals surface area (Å²) in [6, 6.07) is 1.79. The van der Waals surface area contributed by atoms with Crippen molar-refractivity contribution in [3.8, 4) is 6.07 Å². The Morgan fingerprint density at radius 3 is 2.70 bits per heavy atom. The molecule has 0 aromatic heterocycles. The molecule has 1 saturated heterocycles. The van der Waals surface area contributed by atoms with Crippen LogP contribution >= 0.6 is 0 Å². The summed E-state index contributed by atoms with van der Waals surface area (Å²) in [5.74, 6) is -0.881. The first kappa shape index (κ1) is 16.2. The number of carboxylic acid groups (broad SMARTS) is 1. The zero-order valence-corrected chi connectivity index (χ0v) is 12.0. The van der Waals surface area contributed by atoms with Crippen LogP contribution in [0, 0.1) is 16.7 Å². The number of amides is 2. The highest BCUT2D eigenvalue weighted by molar-refractivity contribution is 5.79. The predicted octanol–water partition coefficient (Wildman–Crippen LogP) is 0.765. The number of ether oxygens (including phenoxy) is 1. The Morgan fingerprint density at radius 1 is 1.50 bits per heavy atom. The molecule has 1 heterocycles. The third kappa shape index (κ3) is 3.84. The van der Waals surface area contributed by atoms with Gasteiger partial charge in [0.15, 0.2) is 0 Å². The summed E-state index contributed by atoms with van der Waals surface area (Å²) < 4.78 is 4.95. The summed E-state index contributed by atoms with van der Waals surface area (Å²) in [4.78, 5) is 26.6. The van der Waals surface area contributed by atoms with Crippen molar-refractivity contribution < 1.29 is 19.4 Å². The molecule has 0 aromatic carbocycles. The summed E-state index contributed by atoms with van der Waals surface area (Å²) in [5, 5.41) is 17.8. The van der Waals surface area contributed by atoms with Crippen LogP contribution in [0.15, 0.2) is 0 Å². The van der Waals surface area contributed by atoms with E-state index in [1.807, 2.05) is 6.07 Å². The number of aliphatic carboxylic acids is 1. The third-order valence-corrected chi connectivity index (χ3v) is 3.59. The number of carboxylic acids is 1. The molecule has 0 bridgehead atoms. The quantitative estimate of drug-likeness (QED) is 0.777. The number of hydrogen-bond donors (Lipinski definition) is 1. The van der Waals surface area contributed by atoms with E-state index in [9.17, 15) is 14.7 Å². The fourth-order valence-electron chi connectivity index (χ4n) is 2.19. The van der Waals surface area contributed by atoms with Gasteiger partial charge in [-0.2, -0.15) is 5.26 Å². The summed E-state index contributed by atoms with van der Waals surface area (Å²) in [7, 11) is 1.55. The van der Waals surface area contributed by atoms with E-state index < -0.39 is 11.4 Å². The molecule has 1 N–H and O–H groups in total. The maximum Gasteiger partial charge on any atom is 0.320 e. The number of urea groups is 1. The minimum atomic E-state index is -0.881. The van der Waals surface area contributed by atoms with E-state index in [0.29, 0.717) is 32.7 Å². The Bertz CT molecular complexity index is 407. The first-order valence-electron chi connectivity index (χ1n) is 6.58. The van der Waals surface area contributed by atoms with Crippen LogP contribution in [-0.2, 0) is 9.53 Å². The van der Waals surface area contributed by atoms with Gasteiger partial charge in [0.1, 0.15) is 0 Å². The van der Waals surface area contributed by atoms with Crippen molar-refractivity contribution >= 4 is 12.0 Å². The van der Waals surface area contributed by atoms with E-state index in [4.69, 9.17) is 10.00 Å². The van der Waals surface area contributed by atoms with Crippen LogP contribution in [0.5, 0.6) is 0 Å². The monoisotopic (exact) mass is 283 g/mol. The largest absolute Gasteiger partial charge is 0.481 e. The molecule has 0 radical (unpaired) electrons. The lowest BCUT2D eigenvalue weighted by atomic mass is 9.90. The van der Waals surface area contributed by atoms with Gasteiger partial charge in [0, 0.05) is 33.3 Å². The number of carbonyl (C=O) groups is 2. The second kappa shape index (κ2) is 7.10. The first-order chi connectivity index (χ1) is 9.44. The van der Waals surface area contributed by atoms with E-state index in [0.717, 1.165) is 0 Å². The molecule has 1 unspecified atom stereocenters. The zero-order chi connectivity index (χ0) is 15.2. The van der Waals surface area contributed by atoms with Crippen LogP contribution < -0.4 is 0 Å². The molecular weight excluding hydrogens is 262 g/mol. The molecule has 20 heavy (non-hydrogen) atoms. The summed E-state index contributed by atoms with van der Waals surface area (Å²) in [6.45, 7) is 3.41. The highest BCUT2D eigenvalue weighted by Crippen LogP contribution is 2.30. The van der Waals surface area contributed by atoms with Crippen LogP contribution in [0.2, 0.25) is 0 Å². The molecule has 112 valence electrons. The van der Waals surface area contributed by atoms with E-state index in [2.05, 4.69) is 0 Å². The van der Waals surface area contributed by atoms with E-state index in [1.54, 1.807) is 23.8 Å². The number of nitrogens with zero attached hydrogens (tertiary/aromatic N) is 3. The van der Waals surface area contributed by atoms with Gasteiger partial charge in [-0.05, 0) is 13.3 Å². The van der Waals surface area contributed by atoms with Crippen molar-refractivity contribution in [2.45, 2.75) is 19.8 Å². The number of methoxy groups -OCH3 is 1. The predicted molar refractivity (Wildman–Crippen MR) is 71.0 cm³/mol. The highest BCUT2D eigenvalue weighted by Gasteiger charge is 2.42. The molecule has 0 aliphatic carbocycles. The van der Waals surface area contributed by atoms with Crippen LogP contribution in [-0.4, -0.2) is 66.8 Å². The molecule has 1 fully saturated rings. The molecule has 1 atom stereocenters. The summed E-state index contributed by atoms with van der Waals surface area (Å²) in [5.41, 5.74) is -0.877. The van der Waals surface area contributed by atoms with Crippen molar-refractivity contribution in [1.82, 2.24) is 9.80 Å². The molecule has 7 heteroatoms. The molecule has 0 saturated carbocycles. The van der Waals surface area contributed by atoms with Gasteiger partial charge in [0.05, 0.1) is 24.5 Å². The fourth-order valence-corrected chi connectivity index (χ4v) is 2.19. The summed E-state index contributed by atoms with van der Waals surface area (Å²) >= 11 is 0. The van der Waals surface area contributed by atoms with Crippen molar-refractivity contribution in [2.24, 2.45) is 5.41 Å². The van der Waals surface area contributed by atoms with Gasteiger partial charge in [0.2, 0.25) is 0 Å². The molecule has 0 spiro atoms. The Morgan fingerprint density at radius 2 is 2.20 bits per heavy atom. The van der Waals surface area contributed by atoms with E-state index in [-0.39, 0.29) is 19.0 Å². The average Bonchev–Trinajstić information content (AvgIpc) is 2.82. The number of hydrogen-bond acceptors (Lipinski definition) is 4. The average molecular weight is 283 g/mol. The lowest BCUT2D eigenvalue weighted by Gasteiger charge is -2.28. The van der Waals surface area contributed by atoms with Crippen LogP contribution in [0.4, 0.5) is 4.79 Å². The van der Waals surface area contributed by atoms with Gasteiger partial charge in [-0.25, -0.2) is 4.79 Å². The Kier molecular flexibility index (Phi) is 5.77. The number of carbonyl (C=O) groups excluding carboxylic acids is 1. The van der Waals surface area contributed by atoms with Crippen molar-refractivity contribution in [1.29, 1.82) is 5.26 Å². The molecule has 1 rings (SSSR count).